The number of sulfonamides is 1. The predicted octanol–water partition coefficient (Wildman–Crippen LogP) is -1.04. The number of fused-ring (bicyclic) bond motifs is 1. The lowest BCUT2D eigenvalue weighted by Gasteiger charge is -2.32. The third-order valence-corrected chi connectivity index (χ3v) is 4.35. The Kier molecular flexibility index (Phi) is 4.41. The van der Waals surface area contributed by atoms with Crippen LogP contribution in [0.4, 0.5) is 0 Å². The number of carbonyl (C=O) groups excluding carboxylic acids is 1. The van der Waals surface area contributed by atoms with Gasteiger partial charge in [0, 0.05) is 26.4 Å². The van der Waals surface area contributed by atoms with Gasteiger partial charge >= 0.3 is 0 Å². The van der Waals surface area contributed by atoms with Crippen LogP contribution < -0.4 is 5.32 Å². The van der Waals surface area contributed by atoms with Crippen molar-refractivity contribution in [2.45, 2.75) is 12.6 Å². The molecule has 0 radical (unpaired) electrons. The van der Waals surface area contributed by atoms with Crippen LogP contribution in [0.3, 0.4) is 0 Å². The molecule has 1 aliphatic heterocycles. The molecule has 112 valence electrons. The van der Waals surface area contributed by atoms with Crippen LogP contribution in [0.15, 0.2) is 12.3 Å². The van der Waals surface area contributed by atoms with E-state index in [4.69, 9.17) is 4.74 Å². The Morgan fingerprint density at radius 1 is 1.60 bits per heavy atom. The summed E-state index contributed by atoms with van der Waals surface area (Å²) in [5.41, 5.74) is 0.813. The molecule has 1 amide bonds. The Balaban J connectivity index is 2.10. The van der Waals surface area contributed by atoms with Crippen LogP contribution in [0.5, 0.6) is 0 Å². The molecule has 20 heavy (non-hydrogen) atoms. The van der Waals surface area contributed by atoms with Gasteiger partial charge in [0.1, 0.15) is 6.61 Å². The van der Waals surface area contributed by atoms with Gasteiger partial charge in [0.05, 0.1) is 24.5 Å². The summed E-state index contributed by atoms with van der Waals surface area (Å²) in [5.74, 6) is -0.238. The Morgan fingerprint density at radius 2 is 2.35 bits per heavy atom. The van der Waals surface area contributed by atoms with Crippen molar-refractivity contribution in [3.05, 3.63) is 18.0 Å². The number of hydrogen-bond donors (Lipinski definition) is 1. The van der Waals surface area contributed by atoms with Gasteiger partial charge in [0.2, 0.25) is 15.9 Å². The molecular weight excluding hydrogens is 284 g/mol. The normalized spacial score (nSPS) is 19.6. The predicted molar refractivity (Wildman–Crippen MR) is 71.4 cm³/mol. The van der Waals surface area contributed by atoms with Gasteiger partial charge in [0.15, 0.2) is 0 Å². The molecule has 0 bridgehead atoms. The van der Waals surface area contributed by atoms with Crippen LogP contribution in [0.2, 0.25) is 0 Å². The maximum atomic E-state index is 11.7. The number of nitrogens with zero attached hydrogens (tertiary/aromatic N) is 3. The average molecular weight is 302 g/mol. The molecule has 8 nitrogen and oxygen atoms in total. The molecule has 0 saturated heterocycles. The van der Waals surface area contributed by atoms with E-state index < -0.39 is 10.0 Å². The van der Waals surface area contributed by atoms with Crippen molar-refractivity contribution in [3.63, 3.8) is 0 Å². The fourth-order valence-corrected chi connectivity index (χ4v) is 2.98. The van der Waals surface area contributed by atoms with Gasteiger partial charge in [-0.15, -0.1) is 0 Å². The second kappa shape index (κ2) is 5.90. The average Bonchev–Trinajstić information content (AvgIpc) is 2.83. The summed E-state index contributed by atoms with van der Waals surface area (Å²) in [5, 5.41) is 6.90. The van der Waals surface area contributed by atoms with Gasteiger partial charge < -0.3 is 10.1 Å². The van der Waals surface area contributed by atoms with E-state index in [0.29, 0.717) is 19.6 Å². The zero-order valence-electron chi connectivity index (χ0n) is 11.4. The number of methoxy groups -OCH3 is 1. The van der Waals surface area contributed by atoms with Crippen molar-refractivity contribution in [1.82, 2.24) is 19.4 Å². The third-order valence-electron chi connectivity index (χ3n) is 3.13. The highest BCUT2D eigenvalue weighted by Crippen LogP contribution is 2.21. The van der Waals surface area contributed by atoms with Crippen molar-refractivity contribution in [3.8, 4) is 0 Å². The zero-order chi connectivity index (χ0) is 14.8. The van der Waals surface area contributed by atoms with Gasteiger partial charge in [-0.2, -0.15) is 9.40 Å². The summed E-state index contributed by atoms with van der Waals surface area (Å²) < 4.78 is 31.3. The number of ether oxygens (including phenoxy) is 1. The van der Waals surface area contributed by atoms with Crippen LogP contribution in [0.1, 0.15) is 11.7 Å². The minimum atomic E-state index is -3.27. The molecule has 1 N–H and O–H groups in total. The molecule has 1 aromatic heterocycles. The van der Waals surface area contributed by atoms with Crippen molar-refractivity contribution in [2.24, 2.45) is 0 Å². The molecule has 1 aromatic rings. The first-order chi connectivity index (χ1) is 9.41. The van der Waals surface area contributed by atoms with E-state index in [9.17, 15) is 13.2 Å². The van der Waals surface area contributed by atoms with Crippen LogP contribution in [0, 0.1) is 0 Å². The number of amides is 1. The first-order valence-electron chi connectivity index (χ1n) is 6.15. The lowest BCUT2D eigenvalue weighted by molar-refractivity contribution is -0.124. The fourth-order valence-electron chi connectivity index (χ4n) is 2.17. The number of hydrogen-bond acceptors (Lipinski definition) is 5. The van der Waals surface area contributed by atoms with E-state index in [1.165, 1.54) is 17.7 Å². The summed E-state index contributed by atoms with van der Waals surface area (Å²) in [7, 11) is -1.83. The molecule has 1 unspecified atom stereocenters. The molecular formula is C11H18N4O4S. The number of aromatic nitrogens is 2. The monoisotopic (exact) mass is 302 g/mol. The molecule has 1 aliphatic rings. The highest BCUT2D eigenvalue weighted by atomic mass is 32.2. The smallest absolute Gasteiger partial charge is 0.246 e. The number of nitrogens with one attached hydrogen (secondary N) is 1. The van der Waals surface area contributed by atoms with Gasteiger partial charge in [-0.3, -0.25) is 9.48 Å². The first kappa shape index (κ1) is 14.9. The highest BCUT2D eigenvalue weighted by Gasteiger charge is 2.30. The van der Waals surface area contributed by atoms with Gasteiger partial charge in [-0.25, -0.2) is 8.42 Å². The lowest BCUT2D eigenvalue weighted by Crippen LogP contribution is -2.45. The third kappa shape index (κ3) is 3.35. The maximum Gasteiger partial charge on any atom is 0.246 e. The van der Waals surface area contributed by atoms with Gasteiger partial charge in [0.25, 0.3) is 0 Å². The molecule has 0 fully saturated rings. The minimum Gasteiger partial charge on any atom is -0.375 e. The van der Waals surface area contributed by atoms with Crippen LogP contribution >= 0.6 is 0 Å². The quantitative estimate of drug-likeness (QED) is 0.750. The second-order valence-electron chi connectivity index (χ2n) is 4.71. The number of rotatable bonds is 5. The van der Waals surface area contributed by atoms with E-state index in [2.05, 4.69) is 10.4 Å². The molecule has 1 atom stereocenters. The fraction of sp³-hybridized carbons (Fsp3) is 0.636. The topological polar surface area (TPSA) is 93.5 Å². The first-order valence-corrected chi connectivity index (χ1v) is 8.00. The Labute approximate surface area is 117 Å². The number of carbonyl (C=O) groups is 1. The minimum absolute atomic E-state index is 0.0194. The van der Waals surface area contributed by atoms with Gasteiger partial charge in [-0.1, -0.05) is 0 Å². The van der Waals surface area contributed by atoms with Crippen LogP contribution in [-0.4, -0.2) is 61.5 Å². The second-order valence-corrected chi connectivity index (χ2v) is 6.70. The Bertz CT molecular complexity index is 583. The van der Waals surface area contributed by atoms with E-state index in [1.54, 1.807) is 16.9 Å². The SMILES string of the molecule is COCC(=O)NCC1CN(S(C)(=O)=O)Cc2ccnn21. The summed E-state index contributed by atoms with van der Waals surface area (Å²) in [6.07, 6.45) is 2.81. The maximum absolute atomic E-state index is 11.7. The van der Waals surface area contributed by atoms with Crippen molar-refractivity contribution in [1.29, 1.82) is 0 Å². The summed E-state index contributed by atoms with van der Waals surface area (Å²) in [6.45, 7) is 0.888. The van der Waals surface area contributed by atoms with Crippen molar-refractivity contribution >= 4 is 15.9 Å². The molecule has 0 spiro atoms. The molecule has 9 heteroatoms. The van der Waals surface area contributed by atoms with E-state index >= 15 is 0 Å². The Hall–Kier alpha value is -1.45. The Morgan fingerprint density at radius 3 is 3.00 bits per heavy atom. The molecule has 2 heterocycles. The largest absolute Gasteiger partial charge is 0.375 e. The summed E-state index contributed by atoms with van der Waals surface area (Å²) >= 11 is 0. The molecule has 0 aliphatic carbocycles. The van der Waals surface area contributed by atoms with E-state index in [0.717, 1.165) is 5.69 Å². The standard InChI is InChI=1S/C11H18N4O4S/c1-19-8-11(16)12-5-10-7-14(20(2,17)18)6-9-3-4-13-15(9)10/h3-4,10H,5-8H2,1-2H3,(H,12,16). The van der Waals surface area contributed by atoms with Crippen LogP contribution in [-0.2, 0) is 26.1 Å². The molecule has 0 saturated carbocycles. The highest BCUT2D eigenvalue weighted by molar-refractivity contribution is 7.88. The summed E-state index contributed by atoms with van der Waals surface area (Å²) in [4.78, 5) is 11.4. The zero-order valence-corrected chi connectivity index (χ0v) is 12.3. The van der Waals surface area contributed by atoms with Crippen molar-refractivity contribution in [2.75, 3.05) is 33.1 Å². The van der Waals surface area contributed by atoms with E-state index in [1.807, 2.05) is 0 Å². The lowest BCUT2D eigenvalue weighted by atomic mass is 10.2. The molecule has 2 rings (SSSR count). The summed E-state index contributed by atoms with van der Waals surface area (Å²) in [6, 6.07) is 1.56. The van der Waals surface area contributed by atoms with Gasteiger partial charge in [-0.05, 0) is 6.07 Å². The van der Waals surface area contributed by atoms with Crippen LogP contribution in [0.25, 0.3) is 0 Å². The molecule has 0 aromatic carbocycles. The van der Waals surface area contributed by atoms with Crippen molar-refractivity contribution < 1.29 is 17.9 Å². The van der Waals surface area contributed by atoms with E-state index in [-0.39, 0.29) is 18.6 Å².